The standard InChI is InChI=1S/C19H18N2O3/c1-3-13-20-19(23)17(14-7-5-4-6-8-14)21-18(22)15-9-11-16(24-2)12-10-15/h1,4-12,17H,13H2,2H3,(H,20,23)(H,21,22)/t17-/m1/s1. The molecule has 0 fully saturated rings. The molecule has 2 N–H and O–H groups in total. The third-order valence-corrected chi connectivity index (χ3v) is 3.39. The van der Waals surface area contributed by atoms with Gasteiger partial charge in [0, 0.05) is 5.56 Å². The minimum Gasteiger partial charge on any atom is -0.497 e. The first kappa shape index (κ1) is 17.1. The molecule has 0 aliphatic carbocycles. The van der Waals surface area contributed by atoms with Crippen LogP contribution in [0.3, 0.4) is 0 Å². The zero-order valence-corrected chi connectivity index (χ0v) is 13.3. The van der Waals surface area contributed by atoms with E-state index in [2.05, 4.69) is 16.6 Å². The minimum atomic E-state index is -0.825. The molecule has 0 aliphatic heterocycles. The third-order valence-electron chi connectivity index (χ3n) is 3.39. The van der Waals surface area contributed by atoms with E-state index < -0.39 is 6.04 Å². The minimum absolute atomic E-state index is 0.0978. The van der Waals surface area contributed by atoms with Crippen molar-refractivity contribution in [3.05, 3.63) is 65.7 Å². The van der Waals surface area contributed by atoms with Gasteiger partial charge in [-0.2, -0.15) is 0 Å². The van der Waals surface area contributed by atoms with Gasteiger partial charge in [-0.25, -0.2) is 0 Å². The van der Waals surface area contributed by atoms with Crippen molar-refractivity contribution in [2.75, 3.05) is 13.7 Å². The van der Waals surface area contributed by atoms with Crippen LogP contribution in [0.15, 0.2) is 54.6 Å². The van der Waals surface area contributed by atoms with Gasteiger partial charge in [0.05, 0.1) is 13.7 Å². The van der Waals surface area contributed by atoms with Gasteiger partial charge in [-0.1, -0.05) is 36.3 Å². The molecule has 0 spiro atoms. The van der Waals surface area contributed by atoms with Crippen molar-refractivity contribution in [2.45, 2.75) is 6.04 Å². The Morgan fingerprint density at radius 2 is 1.79 bits per heavy atom. The van der Waals surface area contributed by atoms with Gasteiger partial charge >= 0.3 is 0 Å². The lowest BCUT2D eigenvalue weighted by atomic mass is 10.1. The molecule has 1 atom stereocenters. The van der Waals surface area contributed by atoms with Crippen LogP contribution in [0, 0.1) is 12.3 Å². The molecule has 0 unspecified atom stereocenters. The SMILES string of the molecule is C#CCNC(=O)[C@H](NC(=O)c1ccc(OC)cc1)c1ccccc1. The van der Waals surface area contributed by atoms with E-state index in [0.29, 0.717) is 16.9 Å². The first-order valence-corrected chi connectivity index (χ1v) is 7.36. The molecule has 0 saturated carbocycles. The number of ether oxygens (including phenoxy) is 1. The molecular weight excluding hydrogens is 304 g/mol. The van der Waals surface area contributed by atoms with Crippen molar-refractivity contribution in [1.82, 2.24) is 10.6 Å². The molecule has 0 bridgehead atoms. The number of hydrogen-bond acceptors (Lipinski definition) is 3. The van der Waals surface area contributed by atoms with Crippen LogP contribution in [0.4, 0.5) is 0 Å². The molecule has 24 heavy (non-hydrogen) atoms. The fourth-order valence-corrected chi connectivity index (χ4v) is 2.14. The van der Waals surface area contributed by atoms with Crippen LogP contribution in [-0.2, 0) is 4.79 Å². The summed E-state index contributed by atoms with van der Waals surface area (Å²) in [4.78, 5) is 24.8. The average Bonchev–Trinajstić information content (AvgIpc) is 2.64. The van der Waals surface area contributed by atoms with Crippen LogP contribution in [0.25, 0.3) is 0 Å². The molecule has 0 saturated heterocycles. The number of terminal acetylenes is 1. The van der Waals surface area contributed by atoms with Crippen LogP contribution in [0.5, 0.6) is 5.75 Å². The van der Waals surface area contributed by atoms with Crippen molar-refractivity contribution < 1.29 is 14.3 Å². The molecule has 2 amide bonds. The first-order chi connectivity index (χ1) is 11.7. The van der Waals surface area contributed by atoms with Gasteiger partial charge in [0.1, 0.15) is 11.8 Å². The van der Waals surface area contributed by atoms with E-state index in [1.807, 2.05) is 6.07 Å². The Morgan fingerprint density at radius 1 is 1.12 bits per heavy atom. The second-order valence-corrected chi connectivity index (χ2v) is 4.97. The highest BCUT2D eigenvalue weighted by Crippen LogP contribution is 2.15. The summed E-state index contributed by atoms with van der Waals surface area (Å²) in [6.07, 6.45) is 5.17. The van der Waals surface area contributed by atoms with Gasteiger partial charge in [0.25, 0.3) is 5.91 Å². The van der Waals surface area contributed by atoms with Crippen LogP contribution >= 0.6 is 0 Å². The summed E-state index contributed by atoms with van der Waals surface area (Å²) in [7, 11) is 1.55. The Kier molecular flexibility index (Phi) is 5.98. The summed E-state index contributed by atoms with van der Waals surface area (Å²) < 4.78 is 5.07. The number of carbonyl (C=O) groups excluding carboxylic acids is 2. The van der Waals surface area contributed by atoms with E-state index in [-0.39, 0.29) is 18.4 Å². The van der Waals surface area contributed by atoms with E-state index in [1.54, 1.807) is 55.6 Å². The first-order valence-electron chi connectivity index (χ1n) is 7.36. The molecule has 0 radical (unpaired) electrons. The number of amides is 2. The maximum absolute atomic E-state index is 12.4. The Hall–Kier alpha value is -3.26. The van der Waals surface area contributed by atoms with E-state index in [9.17, 15) is 9.59 Å². The van der Waals surface area contributed by atoms with Gasteiger partial charge in [0.15, 0.2) is 0 Å². The summed E-state index contributed by atoms with van der Waals surface area (Å²) in [6, 6.07) is 14.8. The summed E-state index contributed by atoms with van der Waals surface area (Å²) in [5, 5.41) is 5.33. The van der Waals surface area contributed by atoms with E-state index >= 15 is 0 Å². The summed E-state index contributed by atoms with van der Waals surface area (Å²) >= 11 is 0. The predicted molar refractivity (Wildman–Crippen MR) is 91.5 cm³/mol. The zero-order valence-electron chi connectivity index (χ0n) is 13.3. The molecule has 2 aromatic rings. The highest BCUT2D eigenvalue weighted by atomic mass is 16.5. The Morgan fingerprint density at radius 3 is 2.38 bits per heavy atom. The summed E-state index contributed by atoms with van der Waals surface area (Å²) in [5.74, 6) is 2.28. The Labute approximate surface area is 141 Å². The maximum Gasteiger partial charge on any atom is 0.252 e. The van der Waals surface area contributed by atoms with Crippen LogP contribution < -0.4 is 15.4 Å². The van der Waals surface area contributed by atoms with Crippen molar-refractivity contribution in [3.63, 3.8) is 0 Å². The van der Waals surface area contributed by atoms with Gasteiger partial charge in [-0.3, -0.25) is 9.59 Å². The fraction of sp³-hybridized carbons (Fsp3) is 0.158. The molecule has 5 nitrogen and oxygen atoms in total. The topological polar surface area (TPSA) is 67.4 Å². The number of benzene rings is 2. The monoisotopic (exact) mass is 322 g/mol. The third kappa shape index (κ3) is 4.37. The number of methoxy groups -OCH3 is 1. The van der Waals surface area contributed by atoms with Gasteiger partial charge < -0.3 is 15.4 Å². The molecule has 2 rings (SSSR count). The number of rotatable bonds is 6. The van der Waals surface area contributed by atoms with Gasteiger partial charge in [-0.05, 0) is 29.8 Å². The maximum atomic E-state index is 12.4. The number of carbonyl (C=O) groups is 2. The largest absolute Gasteiger partial charge is 0.497 e. The van der Waals surface area contributed by atoms with E-state index in [1.165, 1.54) is 0 Å². The van der Waals surface area contributed by atoms with Crippen molar-refractivity contribution in [2.24, 2.45) is 0 Å². The molecule has 2 aromatic carbocycles. The summed E-state index contributed by atoms with van der Waals surface area (Å²) in [5.41, 5.74) is 1.11. The molecule has 0 heterocycles. The lowest BCUT2D eigenvalue weighted by Crippen LogP contribution is -2.40. The van der Waals surface area contributed by atoms with Crippen molar-refractivity contribution in [3.8, 4) is 18.1 Å². The van der Waals surface area contributed by atoms with Gasteiger partial charge in [0.2, 0.25) is 5.91 Å². The molecule has 0 aromatic heterocycles. The Bertz CT molecular complexity index is 733. The van der Waals surface area contributed by atoms with E-state index in [0.717, 1.165) is 0 Å². The van der Waals surface area contributed by atoms with Crippen molar-refractivity contribution in [1.29, 1.82) is 0 Å². The quantitative estimate of drug-likeness (QED) is 0.799. The Balaban J connectivity index is 2.19. The van der Waals surface area contributed by atoms with Gasteiger partial charge in [-0.15, -0.1) is 6.42 Å². The number of hydrogen-bond donors (Lipinski definition) is 2. The molecule has 0 aliphatic rings. The zero-order chi connectivity index (χ0) is 17.4. The molecule has 5 heteroatoms. The average molecular weight is 322 g/mol. The lowest BCUT2D eigenvalue weighted by Gasteiger charge is -2.18. The normalized spacial score (nSPS) is 11.0. The van der Waals surface area contributed by atoms with Crippen molar-refractivity contribution >= 4 is 11.8 Å². The van der Waals surface area contributed by atoms with Crippen LogP contribution in [0.2, 0.25) is 0 Å². The summed E-state index contributed by atoms with van der Waals surface area (Å²) in [6.45, 7) is 0.0978. The second kappa shape index (κ2) is 8.39. The van der Waals surface area contributed by atoms with Crippen LogP contribution in [0.1, 0.15) is 22.0 Å². The highest BCUT2D eigenvalue weighted by Gasteiger charge is 2.22. The smallest absolute Gasteiger partial charge is 0.252 e. The highest BCUT2D eigenvalue weighted by molar-refractivity contribution is 5.98. The molecule has 122 valence electrons. The predicted octanol–water partition coefficient (Wildman–Crippen LogP) is 1.92. The lowest BCUT2D eigenvalue weighted by molar-refractivity contribution is -0.122. The second-order valence-electron chi connectivity index (χ2n) is 4.97. The van der Waals surface area contributed by atoms with Crippen LogP contribution in [-0.4, -0.2) is 25.5 Å². The van der Waals surface area contributed by atoms with E-state index in [4.69, 9.17) is 11.2 Å². The number of nitrogens with one attached hydrogen (secondary N) is 2. The molecular formula is C19H18N2O3. The fourth-order valence-electron chi connectivity index (χ4n) is 2.14.